The zero-order chi connectivity index (χ0) is 56.3. The Bertz CT molecular complexity index is 2740. The smallest absolute Gasteiger partial charge is 0.264 e. The van der Waals surface area contributed by atoms with Crippen molar-refractivity contribution in [2.24, 2.45) is 0 Å². The first-order valence-electron chi connectivity index (χ1n) is 18.1. The number of rotatable bonds is 39. The summed E-state index contributed by atoms with van der Waals surface area (Å²) in [4.78, 5) is 0. The molecule has 1 unspecified atom stereocenters. The van der Waals surface area contributed by atoms with Crippen LogP contribution in [0.1, 0.15) is 103 Å². The first-order valence-corrected chi connectivity index (χ1v) is 31.7. The summed E-state index contributed by atoms with van der Waals surface area (Å²) < 4.78 is 382. The number of unbranched alkanes of at least 4 members (excludes halogenated alkanes) is 13. The van der Waals surface area contributed by atoms with E-state index >= 15 is 0 Å². The van der Waals surface area contributed by atoms with Gasteiger partial charge in [-0.3, -0.25) is 45.5 Å². The van der Waals surface area contributed by atoms with Crippen LogP contribution in [-0.4, -0.2) is 159 Å². The minimum atomic E-state index is -8.08. The lowest BCUT2D eigenvalue weighted by molar-refractivity contribution is -0.494. The molecule has 50 heteroatoms. The number of hydrogen-bond donors (Lipinski definition) is 10. The van der Waals surface area contributed by atoms with Gasteiger partial charge in [-0.05, 0) is 6.42 Å². The van der Waals surface area contributed by atoms with E-state index in [-0.39, 0.29) is 12.8 Å². The van der Waals surface area contributed by atoms with E-state index in [1.165, 1.54) is 0 Å². The molecule has 0 radical (unpaired) electrons. The second-order valence-electron chi connectivity index (χ2n) is 13.5. The molecule has 0 fully saturated rings. The lowest BCUT2D eigenvalue weighted by Crippen LogP contribution is -2.85. The molecule has 0 aliphatic rings. The van der Waals surface area contributed by atoms with Crippen molar-refractivity contribution in [3.05, 3.63) is 0 Å². The Morgan fingerprint density at radius 2 is 0.521 bits per heavy atom. The lowest BCUT2D eigenvalue weighted by Gasteiger charge is -2.54. The molecule has 10 N–H and O–H groups in total. The molecular formula is C21H44O40S10. The van der Waals surface area contributed by atoms with Gasteiger partial charge >= 0.3 is 122 Å². The van der Waals surface area contributed by atoms with Gasteiger partial charge in [-0.15, -0.1) is 0 Å². The Morgan fingerprint density at radius 3 is 0.746 bits per heavy atom. The Balaban J connectivity index is 9.80. The van der Waals surface area contributed by atoms with Crippen LogP contribution < -0.4 is 0 Å². The SMILES string of the molecule is CCCCCCCCCCCCCCCCC(OS(=O)(=O)O)C(OS(=O)(=O)O)(OS(=O)(=O)O)C(OS(=O)(=O)O)(OS(=O)(=O)O)C(OS(=O)(=O)O)(OS(=O)(=O)O)C(OS(=O)(=O)O)(OS(=O)(=O)O)OS(=O)(=O)O. The van der Waals surface area contributed by atoms with Gasteiger partial charge < -0.3 is 0 Å². The van der Waals surface area contributed by atoms with Gasteiger partial charge in [-0.2, -0.15) is 113 Å². The number of hydrogen-bond acceptors (Lipinski definition) is 30. The van der Waals surface area contributed by atoms with Crippen LogP contribution in [-0.2, 0) is 146 Å². The van der Waals surface area contributed by atoms with E-state index < -0.39 is 153 Å². The molecule has 0 aliphatic carbocycles. The molecule has 1 atom stereocenters. The van der Waals surface area contributed by atoms with Crippen LogP contribution in [0.5, 0.6) is 0 Å². The van der Waals surface area contributed by atoms with Gasteiger partial charge in [0.2, 0.25) is 0 Å². The Hall–Kier alpha value is -1.30. The normalized spacial score (nSPS) is 15.5. The molecule has 0 aliphatic heterocycles. The molecule has 0 spiro atoms. The van der Waals surface area contributed by atoms with Gasteiger partial charge in [0.05, 0.1) is 0 Å². The average Bonchev–Trinajstić information content (AvgIpc) is 3.03. The predicted octanol–water partition coefficient (Wildman–Crippen LogP) is -1.84. The highest BCUT2D eigenvalue weighted by Crippen LogP contribution is 2.57. The molecule has 0 saturated carbocycles. The third-order valence-corrected chi connectivity index (χ3v) is 12.2. The topological polar surface area (TPSA) is 636 Å². The summed E-state index contributed by atoms with van der Waals surface area (Å²) in [5.74, 6) is -30.0. The molecule has 0 rings (SSSR count). The van der Waals surface area contributed by atoms with Crippen LogP contribution >= 0.6 is 0 Å². The molecule has 428 valence electrons. The van der Waals surface area contributed by atoms with Crippen molar-refractivity contribution in [2.75, 3.05) is 0 Å². The summed E-state index contributed by atoms with van der Waals surface area (Å²) >= 11 is 0. The first kappa shape index (κ1) is 69.7. The summed E-state index contributed by atoms with van der Waals surface area (Å²) in [6, 6.07) is 0. The highest BCUT2D eigenvalue weighted by atomic mass is 32.3. The lowest BCUT2D eigenvalue weighted by atomic mass is 9.88. The molecule has 40 nitrogen and oxygen atoms in total. The second-order valence-corrected chi connectivity index (χ2v) is 23.7. The van der Waals surface area contributed by atoms with E-state index in [2.05, 4.69) is 41.8 Å². The third-order valence-electron chi connectivity index (χ3n) is 7.77. The van der Waals surface area contributed by atoms with Gasteiger partial charge in [-0.1, -0.05) is 96.8 Å². The second kappa shape index (κ2) is 25.7. The minimum absolute atomic E-state index is 0.0825. The van der Waals surface area contributed by atoms with Crippen molar-refractivity contribution in [1.29, 1.82) is 0 Å². The fourth-order valence-electron chi connectivity index (χ4n) is 5.84. The monoisotopic (exact) mass is 1260 g/mol. The van der Waals surface area contributed by atoms with Crippen molar-refractivity contribution in [3.8, 4) is 0 Å². The summed E-state index contributed by atoms with van der Waals surface area (Å²) in [5.41, 5.74) is 0. The Morgan fingerprint density at radius 1 is 0.296 bits per heavy atom. The molecule has 0 bridgehead atoms. The van der Waals surface area contributed by atoms with Crippen molar-refractivity contribution in [1.82, 2.24) is 0 Å². The first-order chi connectivity index (χ1) is 31.3. The fraction of sp³-hybridized carbons (Fsp3) is 1.00. The minimum Gasteiger partial charge on any atom is -0.264 e. The zero-order valence-electron chi connectivity index (χ0n) is 35.0. The maximum atomic E-state index is 12.7. The molecule has 0 aromatic rings. The van der Waals surface area contributed by atoms with Crippen LogP contribution in [0.25, 0.3) is 0 Å². The van der Waals surface area contributed by atoms with E-state index in [1.807, 2.05) is 6.92 Å². The third kappa shape index (κ3) is 26.8. The Labute approximate surface area is 406 Å². The van der Waals surface area contributed by atoms with Crippen molar-refractivity contribution >= 4 is 104 Å². The largest absolute Gasteiger partial charge is 0.402 e. The summed E-state index contributed by atoms with van der Waals surface area (Å²) in [6.45, 7) is 2.01. The molecule has 0 aromatic carbocycles. The maximum Gasteiger partial charge on any atom is 0.402 e. The quantitative estimate of drug-likeness (QED) is 0.0184. The van der Waals surface area contributed by atoms with E-state index in [9.17, 15) is 130 Å². The average molecular weight is 1260 g/mol. The van der Waals surface area contributed by atoms with Crippen LogP contribution in [0.4, 0.5) is 0 Å². The van der Waals surface area contributed by atoms with E-state index in [0.717, 1.165) is 44.9 Å². The summed E-state index contributed by atoms with van der Waals surface area (Å²) in [7, 11) is -78.2. The van der Waals surface area contributed by atoms with Gasteiger partial charge in [-0.25, -0.2) is 12.5 Å². The van der Waals surface area contributed by atoms with E-state index in [4.69, 9.17) is 0 Å². The molecule has 0 saturated heterocycles. The van der Waals surface area contributed by atoms with Crippen LogP contribution in [0, 0.1) is 0 Å². The van der Waals surface area contributed by atoms with Crippen LogP contribution in [0.15, 0.2) is 0 Å². The van der Waals surface area contributed by atoms with Gasteiger partial charge in [0.15, 0.2) is 0 Å². The maximum absolute atomic E-state index is 12.7. The standard InChI is InChI=1S/C21H44O40S10/c1-2-3-4-5-6-7-8-9-10-11-12-13-14-15-16-17(52-62(22,23)24)18(53-63(25,26)27,54-64(28,29)30)19(55-65(31,32)33,56-66(34,35)36)20(57-67(37,38)39,58-68(40,41)42)21(59-69(43,44)45,60-70(46,47)48)61-71(49,50)51/h17H,2-16H2,1H3,(H,22,23,24)(H,25,26,27)(H,28,29,30)(H,31,32,33)(H,34,35,36)(H,37,38,39)(H,40,41,42)(H,43,44,45)(H,46,47,48)(H,49,50,51). The van der Waals surface area contributed by atoms with Crippen LogP contribution in [0.3, 0.4) is 0 Å². The van der Waals surface area contributed by atoms with Crippen molar-refractivity contribution < 1.29 is 172 Å². The Kier molecular flexibility index (Phi) is 25.2. The molecule has 71 heavy (non-hydrogen) atoms. The molecule has 0 heterocycles. The summed E-state index contributed by atoms with van der Waals surface area (Å²) in [5, 5.41) is 0. The van der Waals surface area contributed by atoms with Crippen molar-refractivity contribution in [2.45, 2.75) is 133 Å². The van der Waals surface area contributed by atoms with Gasteiger partial charge in [0.1, 0.15) is 6.10 Å². The highest BCUT2D eigenvalue weighted by Gasteiger charge is 2.91. The molecular weight excluding hydrogens is 1210 g/mol. The van der Waals surface area contributed by atoms with Crippen molar-refractivity contribution in [3.63, 3.8) is 0 Å². The molecule has 0 aromatic heterocycles. The highest BCUT2D eigenvalue weighted by molar-refractivity contribution is 7.84. The fourth-order valence-corrected chi connectivity index (χ4v) is 11.3. The van der Waals surface area contributed by atoms with E-state index in [1.54, 1.807) is 0 Å². The molecule has 0 amide bonds. The van der Waals surface area contributed by atoms with Gasteiger partial charge in [0, 0.05) is 0 Å². The van der Waals surface area contributed by atoms with E-state index in [0.29, 0.717) is 19.3 Å². The summed E-state index contributed by atoms with van der Waals surface area (Å²) in [6.07, 6.45) is -1.22. The zero-order valence-corrected chi connectivity index (χ0v) is 43.2. The van der Waals surface area contributed by atoms with Gasteiger partial charge in [0.25, 0.3) is 5.79 Å². The predicted molar refractivity (Wildman–Crippen MR) is 216 cm³/mol. The van der Waals surface area contributed by atoms with Crippen LogP contribution in [0.2, 0.25) is 0 Å².